The molecule has 0 aliphatic heterocycles. The highest BCUT2D eigenvalue weighted by atomic mass is 28.4. The number of halogens is 17. The third-order valence-corrected chi connectivity index (χ3v) is 14.8. The molecule has 1 aromatic carbocycles. The molecule has 1 aromatic rings. The van der Waals surface area contributed by atoms with E-state index in [2.05, 4.69) is 6.58 Å². The van der Waals surface area contributed by atoms with Crippen LogP contribution in [0.4, 0.5) is 74.6 Å². The molecule has 23 heteroatoms. The maximum Gasteiger partial charge on any atom is 0.460 e. The zero-order valence-corrected chi connectivity index (χ0v) is 31.8. The first-order valence-corrected chi connectivity index (χ1v) is 19.0. The smallest absolute Gasteiger partial charge is 0.460 e. The predicted molar refractivity (Wildman–Crippen MR) is 173 cm³/mol. The Labute approximate surface area is 317 Å². The van der Waals surface area contributed by atoms with Crippen LogP contribution in [0.1, 0.15) is 59.1 Å². The number of carbonyl (C=O) groups is 1. The molecular weight excluding hydrogens is 839 g/mol. The normalized spacial score (nSPS) is 15.7. The number of aliphatic hydroxyl groups excluding tert-OH is 1. The molecule has 0 spiro atoms. The lowest BCUT2D eigenvalue weighted by atomic mass is 9.88. The number of allylic oxidation sites excluding steroid dienone is 1. The zero-order valence-electron chi connectivity index (χ0n) is 30.8. The first-order valence-electron chi connectivity index (χ1n) is 16.8. The van der Waals surface area contributed by atoms with Gasteiger partial charge in [-0.1, -0.05) is 65.5 Å². The lowest BCUT2D eigenvalue weighted by molar-refractivity contribution is -0.461. The number of hydrogen-bond donors (Lipinski definition) is 1. The number of carbonyl (C=O) groups excluding carboxylic acids is 1. The summed E-state index contributed by atoms with van der Waals surface area (Å²) in [6.45, 7) is 9.54. The van der Waals surface area contributed by atoms with Crippen molar-refractivity contribution in [3.05, 3.63) is 54.6 Å². The van der Waals surface area contributed by atoms with Gasteiger partial charge in [-0.15, -0.1) is 0 Å². The molecule has 0 saturated heterocycles. The highest BCUT2D eigenvalue weighted by Gasteiger charge is 2.95. The largest absolute Gasteiger partial charge is 0.491 e. The second-order valence-corrected chi connectivity index (χ2v) is 18.7. The number of rotatable bonds is 23. The number of ether oxygens (including phenoxy) is 2. The fourth-order valence-electron chi connectivity index (χ4n) is 5.53. The molecule has 2 atom stereocenters. The number of hydrogen-bond acceptors (Lipinski definition) is 5. The summed E-state index contributed by atoms with van der Waals surface area (Å²) in [6.07, 6.45) is -7.04. The lowest BCUT2D eigenvalue weighted by Gasteiger charge is -2.44. The van der Waals surface area contributed by atoms with Crippen LogP contribution in [0.15, 0.2) is 49.1 Å². The monoisotopic (exact) mass is 880 g/mol. The van der Waals surface area contributed by atoms with Crippen molar-refractivity contribution >= 4 is 14.3 Å². The van der Waals surface area contributed by atoms with Crippen LogP contribution in [-0.4, -0.2) is 86.8 Å². The Morgan fingerprint density at radius 1 is 0.719 bits per heavy atom. The average Bonchev–Trinajstić information content (AvgIpc) is 3.08. The van der Waals surface area contributed by atoms with Gasteiger partial charge in [0, 0.05) is 12.5 Å². The van der Waals surface area contributed by atoms with E-state index in [9.17, 15) is 84.5 Å². The molecule has 57 heavy (non-hydrogen) atoms. The minimum Gasteiger partial charge on any atom is -0.491 e. The Kier molecular flexibility index (Phi) is 16.8. The Morgan fingerprint density at radius 3 is 1.61 bits per heavy atom. The van der Waals surface area contributed by atoms with Crippen LogP contribution in [0, 0.1) is 5.92 Å². The minimum absolute atomic E-state index is 0.0121. The lowest BCUT2D eigenvalue weighted by Crippen LogP contribution is -2.74. The first-order chi connectivity index (χ1) is 25.6. The summed E-state index contributed by atoms with van der Waals surface area (Å²) in [5.41, 5.74) is -1.28. The SMILES string of the molecule is C=CCOC(=O)/C=C/C[C@@H](C)[C@H](O)c1ccc(OCCO[Si](CCC(F)(F)C(F)(F)C(F)(F)C(F)(F)C(F)(F)C(F)(F)C(F)(F)C(F)(F)F)(C(C)C)C(C)C)cc1. The maximum absolute atomic E-state index is 14.9. The Bertz CT molecular complexity index is 1490. The van der Waals surface area contributed by atoms with Crippen LogP contribution < -0.4 is 4.74 Å². The molecule has 0 aliphatic rings. The van der Waals surface area contributed by atoms with Crippen LogP contribution in [0.2, 0.25) is 17.1 Å². The summed E-state index contributed by atoms with van der Waals surface area (Å²) in [7, 11) is -3.95. The van der Waals surface area contributed by atoms with Gasteiger partial charge in [-0.2, -0.15) is 74.6 Å². The molecular formula is C34H41F17O5Si. The molecule has 0 radical (unpaired) electrons. The van der Waals surface area contributed by atoms with Crippen molar-refractivity contribution in [2.75, 3.05) is 19.8 Å². The number of aliphatic hydroxyl groups is 1. The van der Waals surface area contributed by atoms with Gasteiger partial charge in [0.25, 0.3) is 0 Å². The molecule has 0 amide bonds. The summed E-state index contributed by atoms with van der Waals surface area (Å²) in [6, 6.07) is 4.46. The van der Waals surface area contributed by atoms with E-state index in [1.807, 2.05) is 0 Å². The molecule has 1 rings (SSSR count). The van der Waals surface area contributed by atoms with Gasteiger partial charge in [-0.25, -0.2) is 4.79 Å². The topological polar surface area (TPSA) is 65.0 Å². The van der Waals surface area contributed by atoms with E-state index in [-0.39, 0.29) is 31.3 Å². The fourth-order valence-corrected chi connectivity index (χ4v) is 10.0. The van der Waals surface area contributed by atoms with Gasteiger partial charge in [-0.05, 0) is 47.2 Å². The zero-order chi connectivity index (χ0) is 44.9. The van der Waals surface area contributed by atoms with Gasteiger partial charge >= 0.3 is 53.6 Å². The van der Waals surface area contributed by atoms with E-state index in [4.69, 9.17) is 13.9 Å². The van der Waals surface area contributed by atoms with Crippen molar-refractivity contribution < 1.29 is 98.4 Å². The van der Waals surface area contributed by atoms with Crippen molar-refractivity contribution in [1.82, 2.24) is 0 Å². The molecule has 0 saturated carbocycles. The van der Waals surface area contributed by atoms with Crippen LogP contribution in [0.5, 0.6) is 5.75 Å². The summed E-state index contributed by atoms with van der Waals surface area (Å²) < 4.78 is 250. The Morgan fingerprint density at radius 2 is 1.18 bits per heavy atom. The molecule has 5 nitrogen and oxygen atoms in total. The van der Waals surface area contributed by atoms with Gasteiger partial charge in [0.05, 0.1) is 12.7 Å². The van der Waals surface area contributed by atoms with E-state index in [0.717, 1.165) is 0 Å². The Hall–Kier alpha value is -3.08. The maximum atomic E-state index is 14.9. The number of esters is 1. The van der Waals surface area contributed by atoms with E-state index in [1.54, 1.807) is 6.92 Å². The van der Waals surface area contributed by atoms with Crippen LogP contribution in [0.3, 0.4) is 0 Å². The second kappa shape index (κ2) is 18.5. The van der Waals surface area contributed by atoms with Gasteiger partial charge in [0.1, 0.15) is 19.0 Å². The van der Waals surface area contributed by atoms with E-state index >= 15 is 0 Å². The quantitative estimate of drug-likeness (QED) is 0.0296. The summed E-state index contributed by atoms with van der Waals surface area (Å²) in [4.78, 5) is 11.5. The third kappa shape index (κ3) is 10.4. The van der Waals surface area contributed by atoms with Crippen molar-refractivity contribution in [2.45, 2.75) is 118 Å². The van der Waals surface area contributed by atoms with E-state index < -0.39 is 98.2 Å². The van der Waals surface area contributed by atoms with Crippen molar-refractivity contribution in [2.24, 2.45) is 5.92 Å². The number of benzene rings is 1. The average molecular weight is 881 g/mol. The standard InChI is InChI=1S/C34H41F17O5Si/c1-7-16-55-25(52)10-8-9-22(6)26(53)23-11-13-24(14-12-23)54-17-18-56-57(20(2)3,21(4)5)19-15-27(35,36)28(37,38)29(39,40)30(41,42)31(43,44)32(45,46)33(47,48)34(49,50)51/h7-8,10-14,20-22,26,53H,1,9,15-19H2,2-6H3/b10-8+/t22-,26+/m1/s1. The van der Waals surface area contributed by atoms with Crippen LogP contribution in [0.25, 0.3) is 0 Å². The first kappa shape index (κ1) is 51.9. The molecule has 0 unspecified atom stereocenters. The molecule has 0 aliphatic carbocycles. The van der Waals surface area contributed by atoms with Crippen LogP contribution >= 0.6 is 0 Å². The summed E-state index contributed by atoms with van der Waals surface area (Å²) in [5, 5.41) is 10.6. The van der Waals surface area contributed by atoms with Crippen LogP contribution in [-0.2, 0) is 14.0 Å². The number of alkyl halides is 17. The van der Waals surface area contributed by atoms with Gasteiger partial charge in [0.15, 0.2) is 8.32 Å². The third-order valence-electron chi connectivity index (χ3n) is 9.16. The van der Waals surface area contributed by atoms with Gasteiger partial charge in [0.2, 0.25) is 0 Å². The highest BCUT2D eigenvalue weighted by molar-refractivity contribution is 6.76. The fraction of sp³-hybridized carbons (Fsp3) is 0.676. The van der Waals surface area contributed by atoms with E-state index in [0.29, 0.717) is 5.56 Å². The van der Waals surface area contributed by atoms with E-state index in [1.165, 1.54) is 70.2 Å². The van der Waals surface area contributed by atoms with Crippen molar-refractivity contribution in [3.63, 3.8) is 0 Å². The predicted octanol–water partition coefficient (Wildman–Crippen LogP) is 11.6. The second-order valence-electron chi connectivity index (χ2n) is 13.7. The molecule has 0 fully saturated rings. The summed E-state index contributed by atoms with van der Waals surface area (Å²) >= 11 is 0. The molecule has 0 bridgehead atoms. The van der Waals surface area contributed by atoms with Crippen molar-refractivity contribution in [3.8, 4) is 5.75 Å². The van der Waals surface area contributed by atoms with Crippen molar-refractivity contribution in [1.29, 1.82) is 0 Å². The minimum atomic E-state index is -8.68. The van der Waals surface area contributed by atoms with Gasteiger partial charge in [-0.3, -0.25) is 0 Å². The highest BCUT2D eigenvalue weighted by Crippen LogP contribution is 2.64. The molecule has 0 heterocycles. The molecule has 1 N–H and O–H groups in total. The summed E-state index contributed by atoms with van der Waals surface area (Å²) in [5.74, 6) is -57.5. The van der Waals surface area contributed by atoms with Gasteiger partial charge < -0.3 is 19.0 Å². The molecule has 0 aromatic heterocycles. The Balaban J connectivity index is 3.15. The molecule has 330 valence electrons.